The van der Waals surface area contributed by atoms with E-state index in [1.807, 2.05) is 30.3 Å². The number of sulfonamides is 1. The van der Waals surface area contributed by atoms with E-state index in [0.29, 0.717) is 6.61 Å². The molecule has 2 N–H and O–H groups in total. The van der Waals surface area contributed by atoms with Crippen molar-refractivity contribution in [3.8, 4) is 0 Å². The highest BCUT2D eigenvalue weighted by molar-refractivity contribution is 7.89. The first kappa shape index (κ1) is 12.2. The average molecular weight is 229 g/mol. The Bertz CT molecular complexity index is 388. The minimum absolute atomic E-state index is 0.119. The fourth-order valence-electron chi connectivity index (χ4n) is 1.01. The highest BCUT2D eigenvalue weighted by Gasteiger charge is 2.15. The molecule has 1 atom stereocenters. The third kappa shape index (κ3) is 4.42. The molecule has 15 heavy (non-hydrogen) atoms. The molecule has 0 spiro atoms. The summed E-state index contributed by atoms with van der Waals surface area (Å²) in [6, 6.07) is 9.56. The largest absolute Gasteiger partial charge is 0.375 e. The second-order valence-electron chi connectivity index (χ2n) is 3.40. The standard InChI is InChI=1S/C10H15NO3S/c1-9(15(11,12)13)7-14-8-10-5-3-2-4-6-10/h2-6,9H,7-8H2,1H3,(H2,11,12,13)/t9-/m0/s1. The van der Waals surface area contributed by atoms with Crippen molar-refractivity contribution in [1.29, 1.82) is 0 Å². The minimum atomic E-state index is -3.48. The quantitative estimate of drug-likeness (QED) is 0.814. The van der Waals surface area contributed by atoms with Crippen molar-refractivity contribution >= 4 is 10.0 Å². The highest BCUT2D eigenvalue weighted by Crippen LogP contribution is 2.02. The van der Waals surface area contributed by atoms with Gasteiger partial charge in [-0.2, -0.15) is 0 Å². The molecule has 0 heterocycles. The summed E-state index contributed by atoms with van der Waals surface area (Å²) < 4.78 is 27.0. The van der Waals surface area contributed by atoms with Gasteiger partial charge >= 0.3 is 0 Å². The molecule has 4 nitrogen and oxygen atoms in total. The molecule has 0 unspecified atom stereocenters. The average Bonchev–Trinajstić information content (AvgIpc) is 2.18. The maximum absolute atomic E-state index is 10.9. The summed E-state index contributed by atoms with van der Waals surface area (Å²) in [5.74, 6) is 0. The Balaban J connectivity index is 2.35. The van der Waals surface area contributed by atoms with Crippen molar-refractivity contribution in [3.05, 3.63) is 35.9 Å². The monoisotopic (exact) mass is 229 g/mol. The first-order valence-corrected chi connectivity index (χ1v) is 6.24. The van der Waals surface area contributed by atoms with Crippen molar-refractivity contribution < 1.29 is 13.2 Å². The molecule has 0 bridgehead atoms. The number of hydrogen-bond acceptors (Lipinski definition) is 3. The van der Waals surface area contributed by atoms with E-state index >= 15 is 0 Å². The first-order chi connectivity index (χ1) is 7.00. The minimum Gasteiger partial charge on any atom is -0.375 e. The Morgan fingerprint density at radius 1 is 1.33 bits per heavy atom. The summed E-state index contributed by atoms with van der Waals surface area (Å²) in [6.07, 6.45) is 0. The molecule has 0 saturated heterocycles. The van der Waals surface area contributed by atoms with Crippen molar-refractivity contribution in [2.24, 2.45) is 5.14 Å². The molecule has 0 aromatic heterocycles. The van der Waals surface area contributed by atoms with Crippen LogP contribution < -0.4 is 5.14 Å². The van der Waals surface area contributed by atoms with E-state index in [1.54, 1.807) is 0 Å². The second-order valence-corrected chi connectivity index (χ2v) is 5.38. The summed E-state index contributed by atoms with van der Waals surface area (Å²) in [7, 11) is -3.48. The smallest absolute Gasteiger partial charge is 0.213 e. The summed E-state index contributed by atoms with van der Waals surface area (Å²) in [6.45, 7) is 2.05. The molecule has 1 aromatic carbocycles. The van der Waals surface area contributed by atoms with Crippen LogP contribution in [0.4, 0.5) is 0 Å². The lowest BCUT2D eigenvalue weighted by Crippen LogP contribution is -2.29. The van der Waals surface area contributed by atoms with Crippen LogP contribution in [0.25, 0.3) is 0 Å². The van der Waals surface area contributed by atoms with Crippen LogP contribution in [-0.2, 0) is 21.4 Å². The Morgan fingerprint density at radius 2 is 1.93 bits per heavy atom. The number of benzene rings is 1. The zero-order chi connectivity index (χ0) is 11.3. The van der Waals surface area contributed by atoms with Crippen LogP contribution in [0.2, 0.25) is 0 Å². The summed E-state index contributed by atoms with van der Waals surface area (Å²) in [5, 5.41) is 4.29. The van der Waals surface area contributed by atoms with E-state index in [4.69, 9.17) is 9.88 Å². The summed E-state index contributed by atoms with van der Waals surface area (Å²) >= 11 is 0. The van der Waals surface area contributed by atoms with Crippen LogP contribution in [0.5, 0.6) is 0 Å². The fourth-order valence-corrected chi connectivity index (χ4v) is 1.30. The van der Waals surface area contributed by atoms with Gasteiger partial charge in [-0.25, -0.2) is 13.6 Å². The molecule has 84 valence electrons. The number of hydrogen-bond donors (Lipinski definition) is 1. The van der Waals surface area contributed by atoms with Gasteiger partial charge in [0.2, 0.25) is 10.0 Å². The SMILES string of the molecule is C[C@@H](COCc1ccccc1)S(N)(=O)=O. The normalized spacial score (nSPS) is 13.7. The Morgan fingerprint density at radius 3 is 2.47 bits per heavy atom. The van der Waals surface area contributed by atoms with Crippen LogP contribution >= 0.6 is 0 Å². The molecule has 0 aliphatic rings. The second kappa shape index (κ2) is 5.25. The molecule has 0 saturated carbocycles. The van der Waals surface area contributed by atoms with Gasteiger partial charge < -0.3 is 4.74 Å². The van der Waals surface area contributed by atoms with E-state index in [0.717, 1.165) is 5.56 Å². The third-order valence-electron chi connectivity index (χ3n) is 2.02. The topological polar surface area (TPSA) is 69.4 Å². The van der Waals surface area contributed by atoms with Crippen molar-refractivity contribution in [3.63, 3.8) is 0 Å². The molecular formula is C10H15NO3S. The maximum Gasteiger partial charge on any atom is 0.213 e. The molecule has 1 rings (SSSR count). The van der Waals surface area contributed by atoms with Gasteiger partial charge in [-0.3, -0.25) is 0 Å². The number of ether oxygens (including phenoxy) is 1. The van der Waals surface area contributed by atoms with Crippen molar-refractivity contribution in [1.82, 2.24) is 0 Å². The van der Waals surface area contributed by atoms with E-state index in [-0.39, 0.29) is 6.61 Å². The molecule has 1 aromatic rings. The van der Waals surface area contributed by atoms with Gasteiger partial charge in [0.05, 0.1) is 18.5 Å². The number of rotatable bonds is 5. The number of primary sulfonamides is 1. The molecule has 0 aliphatic heterocycles. The molecule has 0 fully saturated rings. The molecule has 0 radical (unpaired) electrons. The van der Waals surface area contributed by atoms with Gasteiger partial charge in [-0.05, 0) is 12.5 Å². The predicted octanol–water partition coefficient (Wildman–Crippen LogP) is 0.880. The Hall–Kier alpha value is -0.910. The van der Waals surface area contributed by atoms with Gasteiger partial charge in [0.15, 0.2) is 0 Å². The number of nitrogens with two attached hydrogens (primary N) is 1. The summed E-state index contributed by atoms with van der Waals surface area (Å²) in [5.41, 5.74) is 1.01. The van der Waals surface area contributed by atoms with Gasteiger partial charge in [0.1, 0.15) is 0 Å². The zero-order valence-electron chi connectivity index (χ0n) is 8.59. The van der Waals surface area contributed by atoms with E-state index in [1.165, 1.54) is 6.92 Å². The van der Waals surface area contributed by atoms with Crippen LogP contribution in [0.1, 0.15) is 12.5 Å². The van der Waals surface area contributed by atoms with Gasteiger partial charge in [-0.1, -0.05) is 30.3 Å². The Kier molecular flexibility index (Phi) is 4.26. The van der Waals surface area contributed by atoms with Gasteiger partial charge in [0.25, 0.3) is 0 Å². The summed E-state index contributed by atoms with van der Waals surface area (Å²) in [4.78, 5) is 0. The lowest BCUT2D eigenvalue weighted by molar-refractivity contribution is 0.123. The molecule has 0 aliphatic carbocycles. The maximum atomic E-state index is 10.9. The zero-order valence-corrected chi connectivity index (χ0v) is 9.41. The fraction of sp³-hybridized carbons (Fsp3) is 0.400. The van der Waals surface area contributed by atoms with E-state index < -0.39 is 15.3 Å². The van der Waals surface area contributed by atoms with E-state index in [2.05, 4.69) is 0 Å². The predicted molar refractivity (Wildman–Crippen MR) is 58.7 cm³/mol. The van der Waals surface area contributed by atoms with Crippen molar-refractivity contribution in [2.75, 3.05) is 6.61 Å². The molecule has 0 amide bonds. The van der Waals surface area contributed by atoms with Gasteiger partial charge in [0, 0.05) is 0 Å². The lowest BCUT2D eigenvalue weighted by Gasteiger charge is -2.09. The lowest BCUT2D eigenvalue weighted by atomic mass is 10.2. The van der Waals surface area contributed by atoms with Gasteiger partial charge in [-0.15, -0.1) is 0 Å². The van der Waals surface area contributed by atoms with Crippen LogP contribution in [0, 0.1) is 0 Å². The van der Waals surface area contributed by atoms with Crippen molar-refractivity contribution in [2.45, 2.75) is 18.8 Å². The highest BCUT2D eigenvalue weighted by atomic mass is 32.2. The molecular weight excluding hydrogens is 214 g/mol. The van der Waals surface area contributed by atoms with Crippen LogP contribution in [-0.4, -0.2) is 20.3 Å². The Labute approximate surface area is 90.1 Å². The van der Waals surface area contributed by atoms with E-state index in [9.17, 15) is 8.42 Å². The third-order valence-corrected chi connectivity index (χ3v) is 3.28. The van der Waals surface area contributed by atoms with Crippen LogP contribution in [0.15, 0.2) is 30.3 Å². The van der Waals surface area contributed by atoms with Crippen LogP contribution in [0.3, 0.4) is 0 Å². The first-order valence-electron chi connectivity index (χ1n) is 4.63. The molecule has 5 heteroatoms.